The second-order valence-corrected chi connectivity index (χ2v) is 9.76. The molecule has 0 saturated carbocycles. The Bertz CT molecular complexity index is 1060. The van der Waals surface area contributed by atoms with Crippen molar-refractivity contribution in [2.75, 3.05) is 26.2 Å². The number of hydrogen-bond donors (Lipinski definition) is 1. The maximum absolute atomic E-state index is 12.8. The second-order valence-electron chi connectivity index (χ2n) is 6.31. The fourth-order valence-electron chi connectivity index (χ4n) is 3.23. The third kappa shape index (κ3) is 2.94. The van der Waals surface area contributed by atoms with Crippen molar-refractivity contribution in [2.24, 2.45) is 0 Å². The molecule has 136 valence electrons. The van der Waals surface area contributed by atoms with Gasteiger partial charge in [0, 0.05) is 48.2 Å². The van der Waals surface area contributed by atoms with Crippen LogP contribution in [0.1, 0.15) is 15.2 Å². The van der Waals surface area contributed by atoms with Crippen LogP contribution in [0.2, 0.25) is 0 Å². The maximum atomic E-state index is 12.8. The van der Waals surface area contributed by atoms with E-state index in [1.54, 1.807) is 17.2 Å². The van der Waals surface area contributed by atoms with Gasteiger partial charge in [-0.3, -0.25) is 4.79 Å². The van der Waals surface area contributed by atoms with Gasteiger partial charge in [0.05, 0.1) is 5.56 Å². The fourth-order valence-corrected chi connectivity index (χ4v) is 6.09. The average molecular weight is 390 g/mol. The highest BCUT2D eigenvalue weighted by atomic mass is 32.2. The van der Waals surface area contributed by atoms with Crippen LogP contribution in [-0.4, -0.2) is 54.7 Å². The van der Waals surface area contributed by atoms with Crippen molar-refractivity contribution in [3.8, 4) is 0 Å². The molecule has 1 aliphatic rings. The highest BCUT2D eigenvalue weighted by Gasteiger charge is 2.31. The number of fused-ring (bicyclic) bond motifs is 1. The van der Waals surface area contributed by atoms with Crippen molar-refractivity contribution in [1.82, 2.24) is 14.2 Å². The first-order valence-corrected chi connectivity index (χ1v) is 10.6. The number of benzene rings is 1. The number of piperazine rings is 1. The van der Waals surface area contributed by atoms with Crippen LogP contribution in [0.25, 0.3) is 10.9 Å². The summed E-state index contributed by atoms with van der Waals surface area (Å²) in [6, 6.07) is 11.1. The molecular weight excluding hydrogens is 370 g/mol. The molecule has 8 heteroatoms. The van der Waals surface area contributed by atoms with Gasteiger partial charge in [-0.25, -0.2) is 8.42 Å². The summed E-state index contributed by atoms with van der Waals surface area (Å²) in [5.74, 6) is -0.0635. The van der Waals surface area contributed by atoms with E-state index in [-0.39, 0.29) is 5.91 Å². The van der Waals surface area contributed by atoms with Crippen molar-refractivity contribution in [3.05, 3.63) is 53.0 Å². The summed E-state index contributed by atoms with van der Waals surface area (Å²) in [4.78, 5) is 18.6. The standard InChI is InChI=1S/C18H19N3O3S2/c1-13-6-7-17(25-13)26(23,24)21-10-8-20(9-11-21)18(22)15-12-19-16-5-3-2-4-14(15)16/h2-7,12,19H,8-11H2,1H3. The molecule has 3 heterocycles. The Labute approximate surface area is 156 Å². The third-order valence-electron chi connectivity index (χ3n) is 4.66. The normalized spacial score (nSPS) is 16.3. The summed E-state index contributed by atoms with van der Waals surface area (Å²) in [5, 5.41) is 0.890. The SMILES string of the molecule is Cc1ccc(S(=O)(=O)N2CCN(C(=O)c3c[nH]c4ccccc34)CC2)s1. The maximum Gasteiger partial charge on any atom is 0.256 e. The Kier molecular flexibility index (Phi) is 4.34. The molecule has 0 radical (unpaired) electrons. The predicted octanol–water partition coefficient (Wildman–Crippen LogP) is 2.68. The Hall–Kier alpha value is -2.16. The minimum absolute atomic E-state index is 0.0635. The van der Waals surface area contributed by atoms with Crippen molar-refractivity contribution in [1.29, 1.82) is 0 Å². The zero-order valence-electron chi connectivity index (χ0n) is 14.3. The van der Waals surface area contributed by atoms with Crippen molar-refractivity contribution in [3.63, 3.8) is 0 Å². The molecule has 1 aliphatic heterocycles. The van der Waals surface area contributed by atoms with Crippen molar-refractivity contribution < 1.29 is 13.2 Å². The molecule has 1 saturated heterocycles. The Morgan fingerprint density at radius 3 is 2.50 bits per heavy atom. The van der Waals surface area contributed by atoms with Gasteiger partial charge in [0.1, 0.15) is 4.21 Å². The zero-order valence-corrected chi connectivity index (χ0v) is 15.9. The van der Waals surface area contributed by atoms with E-state index in [0.717, 1.165) is 15.8 Å². The van der Waals surface area contributed by atoms with Gasteiger partial charge in [-0.1, -0.05) is 18.2 Å². The van der Waals surface area contributed by atoms with E-state index in [9.17, 15) is 13.2 Å². The monoisotopic (exact) mass is 389 g/mol. The summed E-state index contributed by atoms with van der Waals surface area (Å²) in [7, 11) is -3.47. The minimum atomic E-state index is -3.47. The average Bonchev–Trinajstić information content (AvgIpc) is 3.28. The Balaban J connectivity index is 1.49. The number of sulfonamides is 1. The number of carbonyl (C=O) groups excluding carboxylic acids is 1. The molecule has 2 aromatic heterocycles. The van der Waals surface area contributed by atoms with Crippen LogP contribution < -0.4 is 0 Å². The quantitative estimate of drug-likeness (QED) is 0.748. The van der Waals surface area contributed by atoms with Crippen LogP contribution in [-0.2, 0) is 10.0 Å². The number of hydrogen-bond acceptors (Lipinski definition) is 4. The van der Waals surface area contributed by atoms with Crippen LogP contribution in [0.5, 0.6) is 0 Å². The molecule has 0 spiro atoms. The van der Waals surface area contributed by atoms with Gasteiger partial charge < -0.3 is 9.88 Å². The highest BCUT2D eigenvalue weighted by molar-refractivity contribution is 7.91. The Morgan fingerprint density at radius 1 is 1.08 bits per heavy atom. The number of para-hydroxylation sites is 1. The first kappa shape index (κ1) is 17.3. The molecule has 0 aliphatic carbocycles. The van der Waals surface area contributed by atoms with E-state index in [0.29, 0.717) is 36.0 Å². The van der Waals surface area contributed by atoms with Gasteiger partial charge in [-0.05, 0) is 25.1 Å². The Morgan fingerprint density at radius 2 is 1.81 bits per heavy atom. The third-order valence-corrected chi connectivity index (χ3v) is 8.02. The molecule has 1 N–H and O–H groups in total. The number of amides is 1. The number of aromatic amines is 1. The predicted molar refractivity (Wildman–Crippen MR) is 102 cm³/mol. The molecule has 0 atom stereocenters. The number of H-pyrrole nitrogens is 1. The zero-order chi connectivity index (χ0) is 18.3. The van der Waals surface area contributed by atoms with Gasteiger partial charge in [0.25, 0.3) is 15.9 Å². The minimum Gasteiger partial charge on any atom is -0.360 e. The lowest BCUT2D eigenvalue weighted by Gasteiger charge is -2.33. The number of nitrogens with zero attached hydrogens (tertiary/aromatic N) is 2. The number of rotatable bonds is 3. The van der Waals surface area contributed by atoms with Gasteiger partial charge in [0.15, 0.2) is 0 Å². The van der Waals surface area contributed by atoms with Gasteiger partial charge in [-0.15, -0.1) is 11.3 Å². The van der Waals surface area contributed by atoms with Gasteiger partial charge >= 0.3 is 0 Å². The lowest BCUT2D eigenvalue weighted by atomic mass is 10.1. The topological polar surface area (TPSA) is 73.5 Å². The summed E-state index contributed by atoms with van der Waals surface area (Å²) in [6.45, 7) is 3.30. The van der Waals surface area contributed by atoms with Crippen molar-refractivity contribution >= 4 is 38.2 Å². The van der Waals surface area contributed by atoms with E-state index in [2.05, 4.69) is 4.98 Å². The van der Waals surface area contributed by atoms with Crippen LogP contribution in [0.4, 0.5) is 0 Å². The molecule has 1 fully saturated rings. The number of thiophene rings is 1. The fraction of sp³-hybridized carbons (Fsp3) is 0.278. The van der Waals surface area contributed by atoms with E-state index in [4.69, 9.17) is 0 Å². The van der Waals surface area contributed by atoms with E-state index >= 15 is 0 Å². The summed E-state index contributed by atoms with van der Waals surface area (Å²) >= 11 is 1.28. The number of aryl methyl sites for hydroxylation is 1. The first-order chi connectivity index (χ1) is 12.5. The van der Waals surface area contributed by atoms with Crippen LogP contribution in [0.3, 0.4) is 0 Å². The molecule has 1 amide bonds. The van der Waals surface area contributed by atoms with Gasteiger partial charge in [-0.2, -0.15) is 4.31 Å². The smallest absolute Gasteiger partial charge is 0.256 e. The van der Waals surface area contributed by atoms with Crippen LogP contribution in [0, 0.1) is 6.92 Å². The number of carbonyl (C=O) groups is 1. The molecular formula is C18H19N3O3S2. The van der Waals surface area contributed by atoms with E-state index < -0.39 is 10.0 Å². The summed E-state index contributed by atoms with van der Waals surface area (Å²) in [5.41, 5.74) is 1.55. The molecule has 1 aromatic carbocycles. The molecule has 6 nitrogen and oxygen atoms in total. The molecule has 3 aromatic rings. The number of nitrogens with one attached hydrogen (secondary N) is 1. The lowest BCUT2D eigenvalue weighted by molar-refractivity contribution is 0.0700. The number of aromatic nitrogens is 1. The molecule has 26 heavy (non-hydrogen) atoms. The van der Waals surface area contributed by atoms with Gasteiger partial charge in [0.2, 0.25) is 0 Å². The van der Waals surface area contributed by atoms with E-state index in [1.807, 2.05) is 37.3 Å². The van der Waals surface area contributed by atoms with Crippen LogP contribution >= 0.6 is 11.3 Å². The lowest BCUT2D eigenvalue weighted by Crippen LogP contribution is -2.50. The largest absolute Gasteiger partial charge is 0.360 e. The summed E-state index contributed by atoms with van der Waals surface area (Å²) < 4.78 is 27.3. The second kappa shape index (κ2) is 6.53. The molecule has 0 unspecified atom stereocenters. The van der Waals surface area contributed by atoms with E-state index in [1.165, 1.54) is 15.6 Å². The van der Waals surface area contributed by atoms with Crippen LogP contribution in [0.15, 0.2) is 46.8 Å². The molecule has 4 rings (SSSR count). The highest BCUT2D eigenvalue weighted by Crippen LogP contribution is 2.26. The first-order valence-electron chi connectivity index (χ1n) is 8.39. The van der Waals surface area contributed by atoms with Crippen molar-refractivity contribution in [2.45, 2.75) is 11.1 Å². The molecule has 0 bridgehead atoms. The summed E-state index contributed by atoms with van der Waals surface area (Å²) in [6.07, 6.45) is 1.73.